The molecule has 1 amide bonds. The number of halogens is 4. The van der Waals surface area contributed by atoms with Crippen molar-refractivity contribution < 1.29 is 27.8 Å². The summed E-state index contributed by atoms with van der Waals surface area (Å²) in [6, 6.07) is 0. The topological polar surface area (TPSA) is 67.6 Å². The third kappa shape index (κ3) is 2.82. The average Bonchev–Trinajstić information content (AvgIpc) is 2.86. The number of aliphatic hydroxyl groups excluding tert-OH is 1. The fraction of sp³-hybridized carbons (Fsp3) is 0.733. The van der Waals surface area contributed by atoms with Gasteiger partial charge in [0.2, 0.25) is 0 Å². The summed E-state index contributed by atoms with van der Waals surface area (Å²) in [7, 11) is 2.85. The van der Waals surface area contributed by atoms with Crippen LogP contribution in [0.25, 0.3) is 0 Å². The fourth-order valence-corrected chi connectivity index (χ4v) is 4.25. The number of alkyl halides is 3. The molecule has 0 radical (unpaired) electrons. The van der Waals surface area contributed by atoms with Crippen LogP contribution in [0.3, 0.4) is 0 Å². The third-order valence-electron chi connectivity index (χ3n) is 5.47. The molecule has 1 saturated heterocycles. The van der Waals surface area contributed by atoms with Gasteiger partial charge in [-0.25, -0.2) is 0 Å². The average molecular weight is 382 g/mol. The maximum Gasteiger partial charge on any atom is 0.436 e. The number of carbonyl (C=O) groups excluding carboxylic acids is 1. The van der Waals surface area contributed by atoms with Gasteiger partial charge in [-0.05, 0) is 12.8 Å². The van der Waals surface area contributed by atoms with Crippen molar-refractivity contribution in [1.82, 2.24) is 14.7 Å². The number of hydrogen-bond acceptors (Lipinski definition) is 4. The number of likely N-dealkylation sites (tertiary alicyclic amines) is 1. The summed E-state index contributed by atoms with van der Waals surface area (Å²) in [4.78, 5) is 14.1. The van der Waals surface area contributed by atoms with Crippen molar-refractivity contribution in [3.8, 4) is 0 Å². The van der Waals surface area contributed by atoms with Gasteiger partial charge >= 0.3 is 6.18 Å². The monoisotopic (exact) mass is 381 g/mol. The van der Waals surface area contributed by atoms with E-state index in [2.05, 4.69) is 5.10 Å². The van der Waals surface area contributed by atoms with Crippen LogP contribution in [0.1, 0.15) is 35.4 Å². The summed E-state index contributed by atoms with van der Waals surface area (Å²) in [6.07, 6.45) is -3.64. The number of aryl methyl sites for hydroxylation is 1. The Morgan fingerprint density at radius 2 is 2.00 bits per heavy atom. The second kappa shape index (κ2) is 6.14. The van der Waals surface area contributed by atoms with E-state index in [9.17, 15) is 23.1 Å². The summed E-state index contributed by atoms with van der Waals surface area (Å²) >= 11 is 5.78. The van der Waals surface area contributed by atoms with Crippen molar-refractivity contribution in [2.75, 3.05) is 20.2 Å². The predicted molar refractivity (Wildman–Crippen MR) is 82.2 cm³/mol. The van der Waals surface area contributed by atoms with Gasteiger partial charge in [-0.3, -0.25) is 9.48 Å². The second-order valence-electron chi connectivity index (χ2n) is 6.63. The molecule has 1 aliphatic heterocycles. The second-order valence-corrected chi connectivity index (χ2v) is 7.01. The highest BCUT2D eigenvalue weighted by Gasteiger charge is 2.56. The molecular weight excluding hydrogens is 363 g/mol. The fourth-order valence-electron chi connectivity index (χ4n) is 3.90. The maximum atomic E-state index is 12.9. The van der Waals surface area contributed by atoms with Gasteiger partial charge in [0, 0.05) is 39.1 Å². The van der Waals surface area contributed by atoms with E-state index in [-0.39, 0.29) is 17.2 Å². The van der Waals surface area contributed by atoms with E-state index >= 15 is 0 Å². The highest BCUT2D eigenvalue weighted by atomic mass is 35.5. The molecule has 1 N–H and O–H groups in total. The first-order valence-electron chi connectivity index (χ1n) is 7.91. The van der Waals surface area contributed by atoms with Crippen molar-refractivity contribution in [2.24, 2.45) is 12.5 Å². The minimum absolute atomic E-state index is 0.0584. The Kier molecular flexibility index (Phi) is 4.53. The standard InChI is InChI=1S/C15H19ClF3N3O3/c1-21-11(10(16)12(20-21)15(17,18)19)13(24)22-5-3-14(4-6-22)8(23)7-9(14)25-2/h8-9,23H,3-7H2,1-2H3/t8-,9+/m0/s1. The van der Waals surface area contributed by atoms with E-state index in [0.717, 1.165) is 4.68 Å². The molecule has 0 unspecified atom stereocenters. The number of methoxy groups -OCH3 is 1. The van der Waals surface area contributed by atoms with E-state index in [0.29, 0.717) is 32.4 Å². The van der Waals surface area contributed by atoms with Gasteiger partial charge in [0.05, 0.1) is 12.2 Å². The Hall–Kier alpha value is -1.32. The van der Waals surface area contributed by atoms with Crippen molar-refractivity contribution in [3.63, 3.8) is 0 Å². The van der Waals surface area contributed by atoms with Gasteiger partial charge in [-0.2, -0.15) is 18.3 Å². The number of amides is 1. The molecule has 2 aliphatic rings. The quantitative estimate of drug-likeness (QED) is 0.852. The molecule has 2 heterocycles. The zero-order chi connectivity index (χ0) is 18.6. The zero-order valence-electron chi connectivity index (χ0n) is 13.8. The number of carbonyl (C=O) groups is 1. The largest absolute Gasteiger partial charge is 0.436 e. The van der Waals surface area contributed by atoms with Crippen LogP contribution in [0.5, 0.6) is 0 Å². The van der Waals surface area contributed by atoms with Crippen LogP contribution in [0, 0.1) is 5.41 Å². The first kappa shape index (κ1) is 18.5. The lowest BCUT2D eigenvalue weighted by molar-refractivity contribution is -0.199. The molecule has 2 fully saturated rings. The Morgan fingerprint density at radius 1 is 1.40 bits per heavy atom. The maximum absolute atomic E-state index is 12.9. The Bertz CT molecular complexity index is 684. The van der Waals surface area contributed by atoms with Gasteiger partial charge in [0.1, 0.15) is 10.7 Å². The number of ether oxygens (including phenoxy) is 1. The minimum atomic E-state index is -4.72. The van der Waals surface area contributed by atoms with Crippen molar-refractivity contribution in [3.05, 3.63) is 16.4 Å². The Morgan fingerprint density at radius 3 is 2.44 bits per heavy atom. The van der Waals surface area contributed by atoms with Crippen LogP contribution < -0.4 is 0 Å². The van der Waals surface area contributed by atoms with E-state index < -0.39 is 28.9 Å². The normalized spacial score (nSPS) is 26.0. The molecule has 6 nitrogen and oxygen atoms in total. The van der Waals surface area contributed by atoms with Crippen LogP contribution in [0.15, 0.2) is 0 Å². The van der Waals surface area contributed by atoms with Crippen LogP contribution >= 0.6 is 11.6 Å². The molecule has 10 heteroatoms. The molecule has 140 valence electrons. The SMILES string of the molecule is CO[C@@H]1C[C@H](O)C12CCN(C(=O)c1c(Cl)c(C(F)(F)F)nn1C)CC2. The van der Waals surface area contributed by atoms with Crippen molar-refractivity contribution in [2.45, 2.75) is 37.6 Å². The summed E-state index contributed by atoms with van der Waals surface area (Å²) in [5, 5.41) is 12.8. The molecule has 1 aromatic rings. The lowest BCUT2D eigenvalue weighted by Crippen LogP contribution is -2.62. The van der Waals surface area contributed by atoms with Gasteiger partial charge in [0.15, 0.2) is 5.69 Å². The van der Waals surface area contributed by atoms with Gasteiger partial charge in [0.25, 0.3) is 5.91 Å². The third-order valence-corrected chi connectivity index (χ3v) is 5.83. The predicted octanol–water partition coefficient (Wildman–Crippen LogP) is 2.09. The first-order chi connectivity index (χ1) is 11.6. The smallest absolute Gasteiger partial charge is 0.392 e. The molecule has 1 saturated carbocycles. The molecule has 3 rings (SSSR count). The van der Waals surface area contributed by atoms with Gasteiger partial charge < -0.3 is 14.7 Å². The molecule has 25 heavy (non-hydrogen) atoms. The molecule has 1 aromatic heterocycles. The number of nitrogens with zero attached hydrogens (tertiary/aromatic N) is 3. The molecule has 2 atom stereocenters. The minimum Gasteiger partial charge on any atom is -0.392 e. The highest BCUT2D eigenvalue weighted by Crippen LogP contribution is 2.51. The first-order valence-corrected chi connectivity index (χ1v) is 8.29. The molecule has 0 bridgehead atoms. The van der Waals surface area contributed by atoms with Crippen LogP contribution in [0.4, 0.5) is 13.2 Å². The summed E-state index contributed by atoms with van der Waals surface area (Å²) in [6.45, 7) is 0.636. The number of rotatable bonds is 2. The van der Waals surface area contributed by atoms with Crippen molar-refractivity contribution in [1.29, 1.82) is 0 Å². The molecule has 1 aliphatic carbocycles. The van der Waals surface area contributed by atoms with Crippen molar-refractivity contribution >= 4 is 17.5 Å². The van der Waals surface area contributed by atoms with E-state index in [1.54, 1.807) is 7.11 Å². The van der Waals surface area contributed by atoms with Crippen LogP contribution in [-0.4, -0.2) is 58.1 Å². The lowest BCUT2D eigenvalue weighted by atomic mass is 9.58. The van der Waals surface area contributed by atoms with Crippen LogP contribution in [-0.2, 0) is 18.0 Å². The van der Waals surface area contributed by atoms with E-state index in [4.69, 9.17) is 16.3 Å². The van der Waals surface area contributed by atoms with E-state index in [1.165, 1.54) is 11.9 Å². The van der Waals surface area contributed by atoms with E-state index in [1.807, 2.05) is 0 Å². The molecular formula is C15H19ClF3N3O3. The molecule has 1 spiro atoms. The summed E-state index contributed by atoms with van der Waals surface area (Å²) in [5.74, 6) is -0.590. The zero-order valence-corrected chi connectivity index (χ0v) is 14.6. The number of aliphatic hydroxyl groups is 1. The number of piperidine rings is 1. The summed E-state index contributed by atoms with van der Waals surface area (Å²) in [5.41, 5.74) is -1.91. The van der Waals surface area contributed by atoms with Gasteiger partial charge in [-0.1, -0.05) is 11.6 Å². The van der Waals surface area contributed by atoms with Crippen LogP contribution in [0.2, 0.25) is 5.02 Å². The summed E-state index contributed by atoms with van der Waals surface area (Å²) < 4.78 is 45.0. The van der Waals surface area contributed by atoms with Gasteiger partial charge in [-0.15, -0.1) is 0 Å². The number of aromatic nitrogens is 2. The number of hydrogen-bond donors (Lipinski definition) is 1. The lowest BCUT2D eigenvalue weighted by Gasteiger charge is -2.56. The molecule has 0 aromatic carbocycles. The Balaban J connectivity index is 1.77. The highest BCUT2D eigenvalue weighted by molar-refractivity contribution is 6.34. The Labute approximate surface area is 147 Å².